The first-order valence-corrected chi connectivity index (χ1v) is 11.4. The summed E-state index contributed by atoms with van der Waals surface area (Å²) >= 11 is 8.16. The van der Waals surface area contributed by atoms with Gasteiger partial charge in [-0.05, 0) is 71.0 Å². The van der Waals surface area contributed by atoms with Gasteiger partial charge in [-0.3, -0.25) is 0 Å². The lowest BCUT2D eigenvalue weighted by Gasteiger charge is -2.15. The molecule has 0 unspecified atom stereocenters. The highest BCUT2D eigenvalue weighted by Crippen LogP contribution is 2.36. The highest BCUT2D eigenvalue weighted by Gasteiger charge is 2.27. The van der Waals surface area contributed by atoms with E-state index in [0.29, 0.717) is 41.0 Å². The van der Waals surface area contributed by atoms with Gasteiger partial charge in [0.25, 0.3) is 0 Å². The molecule has 0 spiro atoms. The van der Waals surface area contributed by atoms with Crippen LogP contribution in [0.4, 0.5) is 0 Å². The Balaban J connectivity index is 1.64. The van der Waals surface area contributed by atoms with Gasteiger partial charge in [-0.25, -0.2) is 4.79 Å². The zero-order chi connectivity index (χ0) is 22.5. The molecule has 4 rings (SSSR count). The third-order valence-electron chi connectivity index (χ3n) is 4.68. The lowest BCUT2D eigenvalue weighted by Crippen LogP contribution is -2.07. The van der Waals surface area contributed by atoms with E-state index < -0.39 is 5.97 Å². The van der Waals surface area contributed by atoms with Crippen LogP contribution < -0.4 is 9.47 Å². The number of carbonyl (C=O) groups excluding carboxylic acids is 1. The number of halogens is 2. The smallest absolute Gasteiger partial charge is 0.368 e. The standard InChI is InChI=1S/C25H19ClINO4/c1-2-30-22-14-17(12-20-23(28-32-25(20)29)18-6-4-3-5-7-18)13-21(27)24(22)31-15-16-8-10-19(26)11-9-16/h3-14H,2,15H2,1H3/b20-12-. The van der Waals surface area contributed by atoms with Gasteiger partial charge >= 0.3 is 5.97 Å². The minimum Gasteiger partial charge on any atom is -0.490 e. The second kappa shape index (κ2) is 10.2. The van der Waals surface area contributed by atoms with Gasteiger partial charge in [0.15, 0.2) is 11.5 Å². The fourth-order valence-electron chi connectivity index (χ4n) is 3.19. The number of hydrogen-bond donors (Lipinski definition) is 0. The normalized spacial score (nSPS) is 14.3. The molecule has 5 nitrogen and oxygen atoms in total. The predicted molar refractivity (Wildman–Crippen MR) is 133 cm³/mol. The Morgan fingerprint density at radius 3 is 2.53 bits per heavy atom. The zero-order valence-electron chi connectivity index (χ0n) is 17.2. The summed E-state index contributed by atoms with van der Waals surface area (Å²) in [5.41, 5.74) is 3.49. The molecule has 162 valence electrons. The molecule has 0 saturated carbocycles. The average molecular weight is 560 g/mol. The van der Waals surface area contributed by atoms with E-state index in [0.717, 1.165) is 20.3 Å². The van der Waals surface area contributed by atoms with E-state index in [-0.39, 0.29) is 0 Å². The van der Waals surface area contributed by atoms with Crippen LogP contribution in [0.2, 0.25) is 5.02 Å². The van der Waals surface area contributed by atoms with Gasteiger partial charge in [0.1, 0.15) is 12.3 Å². The minimum absolute atomic E-state index is 0.380. The molecule has 0 atom stereocenters. The maximum atomic E-state index is 12.3. The maximum absolute atomic E-state index is 12.3. The van der Waals surface area contributed by atoms with Crippen molar-refractivity contribution in [3.8, 4) is 11.5 Å². The van der Waals surface area contributed by atoms with Gasteiger partial charge in [0, 0.05) is 10.6 Å². The van der Waals surface area contributed by atoms with Gasteiger partial charge in [0.05, 0.1) is 15.8 Å². The summed E-state index contributed by atoms with van der Waals surface area (Å²) in [7, 11) is 0. The first-order chi connectivity index (χ1) is 15.5. The van der Waals surface area contributed by atoms with E-state index in [1.54, 1.807) is 6.08 Å². The predicted octanol–water partition coefficient (Wildman–Crippen LogP) is 6.27. The average Bonchev–Trinajstić information content (AvgIpc) is 3.15. The summed E-state index contributed by atoms with van der Waals surface area (Å²) in [6.45, 7) is 2.77. The van der Waals surface area contributed by atoms with E-state index >= 15 is 0 Å². The summed E-state index contributed by atoms with van der Waals surface area (Å²) in [6, 6.07) is 20.7. The van der Waals surface area contributed by atoms with Crippen molar-refractivity contribution in [2.45, 2.75) is 13.5 Å². The third-order valence-corrected chi connectivity index (χ3v) is 5.73. The Hall–Kier alpha value is -2.84. The maximum Gasteiger partial charge on any atom is 0.368 e. The molecule has 0 amide bonds. The summed E-state index contributed by atoms with van der Waals surface area (Å²) in [5.74, 6) is 0.764. The van der Waals surface area contributed by atoms with Crippen molar-refractivity contribution in [3.63, 3.8) is 0 Å². The molecule has 3 aromatic carbocycles. The number of nitrogens with zero attached hydrogens (tertiary/aromatic N) is 1. The fraction of sp³-hybridized carbons (Fsp3) is 0.120. The number of hydrogen-bond acceptors (Lipinski definition) is 5. The van der Waals surface area contributed by atoms with Crippen molar-refractivity contribution >= 4 is 51.9 Å². The van der Waals surface area contributed by atoms with E-state index in [1.807, 2.05) is 73.7 Å². The Kier molecular flexibility index (Phi) is 7.12. The van der Waals surface area contributed by atoms with Crippen LogP contribution in [0, 0.1) is 3.57 Å². The number of carbonyl (C=O) groups is 1. The molecule has 0 aromatic heterocycles. The van der Waals surface area contributed by atoms with Crippen molar-refractivity contribution in [1.29, 1.82) is 0 Å². The number of ether oxygens (including phenoxy) is 2. The van der Waals surface area contributed by atoms with Crippen molar-refractivity contribution in [2.24, 2.45) is 5.16 Å². The number of benzene rings is 3. The topological polar surface area (TPSA) is 57.1 Å². The molecule has 1 heterocycles. The van der Waals surface area contributed by atoms with Crippen LogP contribution >= 0.6 is 34.2 Å². The molecule has 0 saturated heterocycles. The first kappa shape index (κ1) is 22.4. The quantitative estimate of drug-likeness (QED) is 0.195. The number of oxime groups is 1. The summed E-state index contributed by atoms with van der Waals surface area (Å²) < 4.78 is 12.8. The molecule has 7 heteroatoms. The van der Waals surface area contributed by atoms with Gasteiger partial charge in [-0.1, -0.05) is 59.2 Å². The van der Waals surface area contributed by atoms with Gasteiger partial charge in [-0.2, -0.15) is 0 Å². The molecule has 3 aromatic rings. The zero-order valence-corrected chi connectivity index (χ0v) is 20.1. The van der Waals surface area contributed by atoms with Crippen molar-refractivity contribution in [1.82, 2.24) is 0 Å². The molecule has 32 heavy (non-hydrogen) atoms. The van der Waals surface area contributed by atoms with E-state index in [2.05, 4.69) is 27.7 Å². The lowest BCUT2D eigenvalue weighted by molar-refractivity contribution is -0.136. The second-order valence-electron chi connectivity index (χ2n) is 6.92. The molecule has 0 bridgehead atoms. The second-order valence-corrected chi connectivity index (χ2v) is 8.52. The molecule has 0 N–H and O–H groups in total. The fourth-order valence-corrected chi connectivity index (χ4v) is 4.10. The summed E-state index contributed by atoms with van der Waals surface area (Å²) in [6.07, 6.45) is 1.76. The molecular formula is C25H19ClINO4. The summed E-state index contributed by atoms with van der Waals surface area (Å²) in [5, 5.41) is 4.64. The van der Waals surface area contributed by atoms with E-state index in [1.165, 1.54) is 0 Å². The Morgan fingerprint density at radius 2 is 1.81 bits per heavy atom. The first-order valence-electron chi connectivity index (χ1n) is 9.95. The molecule has 0 radical (unpaired) electrons. The van der Waals surface area contributed by atoms with Crippen LogP contribution in [0.25, 0.3) is 6.08 Å². The largest absolute Gasteiger partial charge is 0.490 e. The van der Waals surface area contributed by atoms with Crippen LogP contribution in [0.3, 0.4) is 0 Å². The highest BCUT2D eigenvalue weighted by atomic mass is 127. The molecule has 0 aliphatic carbocycles. The van der Waals surface area contributed by atoms with Gasteiger partial charge in [0.2, 0.25) is 0 Å². The van der Waals surface area contributed by atoms with Crippen LogP contribution in [0.15, 0.2) is 77.5 Å². The molecule has 1 aliphatic heterocycles. The van der Waals surface area contributed by atoms with Crippen LogP contribution in [-0.4, -0.2) is 18.3 Å². The SMILES string of the molecule is CCOc1cc(/C=C2\C(=O)ON=C2c2ccccc2)cc(I)c1OCc1ccc(Cl)cc1. The van der Waals surface area contributed by atoms with Crippen molar-refractivity contribution in [3.05, 3.63) is 97.6 Å². The highest BCUT2D eigenvalue weighted by molar-refractivity contribution is 14.1. The third kappa shape index (κ3) is 5.14. The molecule has 1 aliphatic rings. The minimum atomic E-state index is -0.486. The number of rotatable bonds is 7. The Labute approximate surface area is 204 Å². The summed E-state index contributed by atoms with van der Waals surface area (Å²) in [4.78, 5) is 17.3. The van der Waals surface area contributed by atoms with Gasteiger partial charge < -0.3 is 14.3 Å². The van der Waals surface area contributed by atoms with Crippen molar-refractivity contribution < 1.29 is 19.1 Å². The monoisotopic (exact) mass is 559 g/mol. The van der Waals surface area contributed by atoms with Gasteiger partial charge in [-0.15, -0.1) is 0 Å². The van der Waals surface area contributed by atoms with Crippen molar-refractivity contribution in [2.75, 3.05) is 6.61 Å². The Morgan fingerprint density at radius 1 is 1.06 bits per heavy atom. The van der Waals surface area contributed by atoms with Crippen LogP contribution in [0.1, 0.15) is 23.6 Å². The van der Waals surface area contributed by atoms with E-state index in [9.17, 15) is 4.79 Å². The van der Waals surface area contributed by atoms with Crippen LogP contribution in [0.5, 0.6) is 11.5 Å². The van der Waals surface area contributed by atoms with Crippen LogP contribution in [-0.2, 0) is 16.2 Å². The lowest BCUT2D eigenvalue weighted by atomic mass is 10.0. The molecule has 0 fully saturated rings. The molecular weight excluding hydrogens is 541 g/mol. The van der Waals surface area contributed by atoms with E-state index in [4.69, 9.17) is 25.9 Å². The Bertz CT molecular complexity index is 1190.